The van der Waals surface area contributed by atoms with Gasteiger partial charge in [0.1, 0.15) is 0 Å². The average molecular weight is 328 g/mol. The maximum absolute atomic E-state index is 11.8. The Hall–Kier alpha value is -2.80. The minimum absolute atomic E-state index is 0.0467. The van der Waals surface area contributed by atoms with Crippen LogP contribution in [0.25, 0.3) is 0 Å². The lowest BCUT2D eigenvalue weighted by molar-refractivity contribution is -0.119. The number of rotatable bonds is 4. The van der Waals surface area contributed by atoms with E-state index in [1.807, 2.05) is 30.3 Å². The molecule has 0 aliphatic heterocycles. The van der Waals surface area contributed by atoms with Gasteiger partial charge < -0.3 is 5.32 Å². The largest absolute Gasteiger partial charge is 0.302 e. The number of nitrogens with zero attached hydrogens (tertiary/aromatic N) is 1. The van der Waals surface area contributed by atoms with Crippen molar-refractivity contribution in [1.82, 2.24) is 21.2 Å². The van der Waals surface area contributed by atoms with Crippen LogP contribution in [0.2, 0.25) is 0 Å². The molecule has 2 rings (SSSR count). The molecule has 1 aromatic heterocycles. The van der Waals surface area contributed by atoms with Crippen molar-refractivity contribution < 1.29 is 9.59 Å². The number of carbonyl (C=O) groups excluding carboxylic acids is 2. The van der Waals surface area contributed by atoms with Crippen molar-refractivity contribution in [3.8, 4) is 0 Å². The van der Waals surface area contributed by atoms with Crippen LogP contribution in [-0.4, -0.2) is 21.9 Å². The van der Waals surface area contributed by atoms with Gasteiger partial charge in [-0.1, -0.05) is 30.3 Å². The third-order valence-corrected chi connectivity index (χ3v) is 3.17. The van der Waals surface area contributed by atoms with Crippen LogP contribution in [0.3, 0.4) is 0 Å². The highest BCUT2D eigenvalue weighted by Gasteiger charge is 2.07. The summed E-state index contributed by atoms with van der Waals surface area (Å²) in [7, 11) is 0. The summed E-state index contributed by atoms with van der Waals surface area (Å²) in [6.07, 6.45) is 3.96. The monoisotopic (exact) mass is 328 g/mol. The number of hydrazine groups is 1. The van der Waals surface area contributed by atoms with E-state index in [1.54, 1.807) is 12.1 Å². The number of benzene rings is 1. The van der Waals surface area contributed by atoms with Crippen LogP contribution in [0.5, 0.6) is 0 Å². The highest BCUT2D eigenvalue weighted by atomic mass is 32.1. The second-order valence-corrected chi connectivity index (χ2v) is 5.09. The van der Waals surface area contributed by atoms with Gasteiger partial charge in [-0.05, 0) is 36.3 Å². The number of aromatic nitrogens is 1. The van der Waals surface area contributed by atoms with E-state index in [4.69, 9.17) is 12.2 Å². The molecule has 0 saturated carbocycles. The molecule has 0 saturated heterocycles. The summed E-state index contributed by atoms with van der Waals surface area (Å²) >= 11 is 4.96. The van der Waals surface area contributed by atoms with Gasteiger partial charge in [0.2, 0.25) is 5.91 Å². The van der Waals surface area contributed by atoms with Gasteiger partial charge in [-0.15, -0.1) is 0 Å². The van der Waals surface area contributed by atoms with Gasteiger partial charge in [0, 0.05) is 24.4 Å². The third kappa shape index (κ3) is 5.84. The predicted octanol–water partition coefficient (Wildman–Crippen LogP) is 1.35. The molecular formula is C16H16N4O2S. The second-order valence-electron chi connectivity index (χ2n) is 4.68. The normalized spacial score (nSPS) is 9.74. The molecule has 0 aliphatic carbocycles. The first-order chi connectivity index (χ1) is 11.1. The lowest BCUT2D eigenvalue weighted by Crippen LogP contribution is -2.48. The molecule has 2 aromatic rings. The quantitative estimate of drug-likeness (QED) is 0.583. The number of pyridine rings is 1. The summed E-state index contributed by atoms with van der Waals surface area (Å²) in [6.45, 7) is 0. The van der Waals surface area contributed by atoms with Crippen molar-refractivity contribution in [2.24, 2.45) is 0 Å². The van der Waals surface area contributed by atoms with Crippen molar-refractivity contribution in [1.29, 1.82) is 0 Å². The topological polar surface area (TPSA) is 83.1 Å². The van der Waals surface area contributed by atoms with Gasteiger partial charge in [0.15, 0.2) is 5.11 Å². The lowest BCUT2D eigenvalue weighted by Gasteiger charge is -2.10. The van der Waals surface area contributed by atoms with Crippen LogP contribution in [0.4, 0.5) is 0 Å². The van der Waals surface area contributed by atoms with Crippen LogP contribution in [0.15, 0.2) is 54.9 Å². The first-order valence-corrected chi connectivity index (χ1v) is 7.40. The molecule has 1 heterocycles. The Labute approximate surface area is 139 Å². The fraction of sp³-hybridized carbons (Fsp3) is 0.125. The van der Waals surface area contributed by atoms with Crippen molar-refractivity contribution in [3.63, 3.8) is 0 Å². The summed E-state index contributed by atoms with van der Waals surface area (Å²) < 4.78 is 0. The minimum atomic E-state index is -0.367. The van der Waals surface area contributed by atoms with Gasteiger partial charge >= 0.3 is 0 Å². The summed E-state index contributed by atoms with van der Waals surface area (Å²) in [5.74, 6) is -0.585. The van der Waals surface area contributed by atoms with E-state index in [1.165, 1.54) is 12.4 Å². The Bertz CT molecular complexity index is 677. The van der Waals surface area contributed by atoms with Gasteiger partial charge in [-0.3, -0.25) is 25.4 Å². The second kappa shape index (κ2) is 8.60. The molecule has 0 spiro atoms. The van der Waals surface area contributed by atoms with E-state index in [-0.39, 0.29) is 16.9 Å². The Morgan fingerprint density at radius 2 is 1.70 bits per heavy atom. The Morgan fingerprint density at radius 3 is 2.39 bits per heavy atom. The molecule has 0 radical (unpaired) electrons. The fourth-order valence-electron chi connectivity index (χ4n) is 1.81. The Balaban J connectivity index is 1.70. The molecule has 0 unspecified atom stereocenters. The highest BCUT2D eigenvalue weighted by Crippen LogP contribution is 2.01. The smallest absolute Gasteiger partial charge is 0.269 e. The number of nitrogens with one attached hydrogen (secondary N) is 3. The van der Waals surface area contributed by atoms with E-state index >= 15 is 0 Å². The van der Waals surface area contributed by atoms with Gasteiger partial charge in [0.25, 0.3) is 5.91 Å². The van der Waals surface area contributed by atoms with Crippen LogP contribution in [-0.2, 0) is 11.2 Å². The predicted molar refractivity (Wildman–Crippen MR) is 90.3 cm³/mol. The van der Waals surface area contributed by atoms with E-state index in [0.717, 1.165) is 5.56 Å². The van der Waals surface area contributed by atoms with Crippen molar-refractivity contribution >= 4 is 29.1 Å². The number of hydrogen-bond donors (Lipinski definition) is 3. The molecule has 118 valence electrons. The molecule has 7 heteroatoms. The first-order valence-electron chi connectivity index (χ1n) is 6.99. The number of aryl methyl sites for hydroxylation is 1. The molecule has 0 fully saturated rings. The number of amides is 2. The molecule has 3 N–H and O–H groups in total. The molecule has 23 heavy (non-hydrogen) atoms. The average Bonchev–Trinajstić information content (AvgIpc) is 2.59. The summed E-state index contributed by atoms with van der Waals surface area (Å²) in [5.41, 5.74) is 6.41. The van der Waals surface area contributed by atoms with Crippen molar-refractivity contribution in [2.45, 2.75) is 12.8 Å². The summed E-state index contributed by atoms with van der Waals surface area (Å²) in [6, 6.07) is 12.8. The molecule has 2 amide bonds. The summed E-state index contributed by atoms with van der Waals surface area (Å²) in [5, 5.41) is 2.56. The molecular weight excluding hydrogens is 312 g/mol. The van der Waals surface area contributed by atoms with Gasteiger partial charge in [-0.2, -0.15) is 0 Å². The van der Waals surface area contributed by atoms with E-state index in [0.29, 0.717) is 18.4 Å². The molecule has 0 atom stereocenters. The molecule has 0 bridgehead atoms. The summed E-state index contributed by atoms with van der Waals surface area (Å²) in [4.78, 5) is 27.4. The Morgan fingerprint density at radius 1 is 1.00 bits per heavy atom. The minimum Gasteiger partial charge on any atom is -0.302 e. The maximum atomic E-state index is 11.8. The number of hydrogen-bond acceptors (Lipinski definition) is 4. The standard InChI is InChI=1S/C16H16N4O2S/c21-14(7-6-12-4-2-1-3-5-12)18-16(23)20-19-15(22)13-8-10-17-11-9-13/h1-5,8-11H,6-7H2,(H,19,22)(H2,18,20,21,23). The fourth-order valence-corrected chi connectivity index (χ4v) is 1.98. The Kier molecular flexibility index (Phi) is 6.19. The van der Waals surface area contributed by atoms with Crippen molar-refractivity contribution in [2.75, 3.05) is 0 Å². The highest BCUT2D eigenvalue weighted by molar-refractivity contribution is 7.80. The van der Waals surface area contributed by atoms with E-state index in [2.05, 4.69) is 21.2 Å². The van der Waals surface area contributed by atoms with E-state index in [9.17, 15) is 9.59 Å². The molecule has 6 nitrogen and oxygen atoms in total. The zero-order chi connectivity index (χ0) is 16.5. The zero-order valence-corrected chi connectivity index (χ0v) is 13.1. The van der Waals surface area contributed by atoms with E-state index < -0.39 is 0 Å². The van der Waals surface area contributed by atoms with Gasteiger partial charge in [0.05, 0.1) is 0 Å². The van der Waals surface area contributed by atoms with Crippen LogP contribution >= 0.6 is 12.2 Å². The van der Waals surface area contributed by atoms with Crippen LogP contribution < -0.4 is 16.2 Å². The number of carbonyl (C=O) groups is 2. The van der Waals surface area contributed by atoms with Crippen LogP contribution in [0.1, 0.15) is 22.3 Å². The molecule has 0 aliphatic rings. The van der Waals surface area contributed by atoms with Gasteiger partial charge in [-0.25, -0.2) is 0 Å². The maximum Gasteiger partial charge on any atom is 0.269 e. The van der Waals surface area contributed by atoms with Crippen molar-refractivity contribution in [3.05, 3.63) is 66.0 Å². The first kappa shape index (κ1) is 16.6. The lowest BCUT2D eigenvalue weighted by atomic mass is 10.1. The third-order valence-electron chi connectivity index (χ3n) is 2.97. The molecule has 1 aromatic carbocycles. The zero-order valence-electron chi connectivity index (χ0n) is 12.3. The van der Waals surface area contributed by atoms with Crippen LogP contribution in [0, 0.1) is 0 Å². The number of thiocarbonyl (C=S) groups is 1. The SMILES string of the molecule is O=C(CCc1ccccc1)NC(=S)NNC(=O)c1ccncc1.